The Morgan fingerprint density at radius 1 is 0.974 bits per heavy atom. The van der Waals surface area contributed by atoms with Crippen LogP contribution >= 0.6 is 0 Å². The van der Waals surface area contributed by atoms with Crippen molar-refractivity contribution in [2.24, 2.45) is 15.2 Å². The first-order valence-electron chi connectivity index (χ1n) is 13.0. The lowest BCUT2D eigenvalue weighted by Crippen LogP contribution is -2.51. The van der Waals surface area contributed by atoms with E-state index in [1.165, 1.54) is 6.07 Å². The molecule has 1 aliphatic carbocycles. The highest BCUT2D eigenvalue weighted by Gasteiger charge is 2.49. The van der Waals surface area contributed by atoms with Gasteiger partial charge < -0.3 is 0 Å². The second kappa shape index (κ2) is 9.23. The summed E-state index contributed by atoms with van der Waals surface area (Å²) >= 11 is 0. The van der Waals surface area contributed by atoms with Crippen molar-refractivity contribution >= 4 is 29.2 Å². The zero-order valence-corrected chi connectivity index (χ0v) is 21.3. The highest BCUT2D eigenvalue weighted by Crippen LogP contribution is 2.43. The summed E-state index contributed by atoms with van der Waals surface area (Å²) in [6.45, 7) is 0.415. The van der Waals surface area contributed by atoms with Gasteiger partial charge in [-0.05, 0) is 49.1 Å². The number of carbonyl (C=O) groups is 1. The lowest BCUT2D eigenvalue weighted by Gasteiger charge is -2.35. The molecule has 194 valence electrons. The topological polar surface area (TPSA) is 91.3 Å². The number of pyridine rings is 1. The number of aliphatic imine (C=N–C) groups is 1. The van der Waals surface area contributed by atoms with Crippen LogP contribution in [0.4, 0.5) is 21.7 Å². The molecule has 4 heterocycles. The van der Waals surface area contributed by atoms with Crippen molar-refractivity contribution < 1.29 is 9.18 Å². The van der Waals surface area contributed by atoms with Gasteiger partial charge >= 0.3 is 0 Å². The van der Waals surface area contributed by atoms with Crippen LogP contribution < -0.4 is 4.90 Å². The summed E-state index contributed by atoms with van der Waals surface area (Å²) in [6, 6.07) is 22.3. The van der Waals surface area contributed by atoms with Crippen LogP contribution in [-0.4, -0.2) is 50.7 Å². The van der Waals surface area contributed by atoms with E-state index in [0.29, 0.717) is 35.3 Å². The average molecular weight is 521 g/mol. The number of fused-ring (bicyclic) bond motifs is 5. The molecule has 2 atom stereocenters. The molecule has 10 heteroatoms. The molecular formula is C29H25FN8O. The molecule has 39 heavy (non-hydrogen) atoms. The first-order valence-corrected chi connectivity index (χ1v) is 13.0. The van der Waals surface area contributed by atoms with Crippen molar-refractivity contribution in [2.45, 2.75) is 37.9 Å². The smallest absolute Gasteiger partial charge is 0.268 e. The zero-order chi connectivity index (χ0) is 26.5. The number of azo groups is 1. The maximum atomic E-state index is 13.6. The summed E-state index contributed by atoms with van der Waals surface area (Å²) in [4.78, 5) is 26.3. The van der Waals surface area contributed by atoms with Crippen molar-refractivity contribution in [1.29, 1.82) is 0 Å². The molecule has 2 aromatic heterocycles. The van der Waals surface area contributed by atoms with Gasteiger partial charge in [0.2, 0.25) is 17.7 Å². The number of hydrogen-bond donors (Lipinski definition) is 0. The Morgan fingerprint density at radius 2 is 1.79 bits per heavy atom. The number of carbonyl (C=O) groups excluding carboxylic acids is 1. The van der Waals surface area contributed by atoms with Gasteiger partial charge in [-0.15, -0.1) is 15.3 Å². The van der Waals surface area contributed by atoms with Gasteiger partial charge in [0, 0.05) is 12.6 Å². The second-order valence-electron chi connectivity index (χ2n) is 9.99. The molecule has 0 N–H and O–H groups in total. The second-order valence-corrected chi connectivity index (χ2v) is 9.99. The lowest BCUT2D eigenvalue weighted by molar-refractivity contribution is 0.0865. The molecule has 0 unspecified atom stereocenters. The number of guanidine groups is 1. The predicted molar refractivity (Wildman–Crippen MR) is 145 cm³/mol. The van der Waals surface area contributed by atoms with Crippen LogP contribution in [0.15, 0.2) is 88.0 Å². The van der Waals surface area contributed by atoms with Gasteiger partial charge in [0.05, 0.1) is 30.0 Å². The number of aromatic nitrogens is 3. The number of hydrogen-bond acceptors (Lipinski definition) is 7. The quantitative estimate of drug-likeness (QED) is 0.248. The average Bonchev–Trinajstić information content (AvgIpc) is 3.65. The first-order chi connectivity index (χ1) is 19.1. The SMILES string of the molecule is CN1C(=O)c2c(N=Nc3ccccc3)nn(Cc3ccc(-c4cccc(F)n4)cc3)c2N2C1=N[C@@H]1CCC[C@@H]12. The van der Waals surface area contributed by atoms with Crippen LogP contribution in [0.25, 0.3) is 11.3 Å². The van der Waals surface area contributed by atoms with Gasteiger partial charge in [-0.1, -0.05) is 48.5 Å². The van der Waals surface area contributed by atoms with E-state index in [9.17, 15) is 9.18 Å². The van der Waals surface area contributed by atoms with E-state index in [-0.39, 0.29) is 23.8 Å². The number of halogens is 1. The summed E-state index contributed by atoms with van der Waals surface area (Å²) < 4.78 is 15.5. The van der Waals surface area contributed by atoms with Crippen molar-refractivity contribution in [3.8, 4) is 11.3 Å². The van der Waals surface area contributed by atoms with Crippen molar-refractivity contribution in [3.05, 3.63) is 89.9 Å². The maximum Gasteiger partial charge on any atom is 0.268 e. The molecule has 9 nitrogen and oxygen atoms in total. The fourth-order valence-electron chi connectivity index (χ4n) is 5.67. The van der Waals surface area contributed by atoms with E-state index in [1.807, 2.05) is 59.3 Å². The fraction of sp³-hybridized carbons (Fsp3) is 0.241. The third-order valence-corrected chi connectivity index (χ3v) is 7.54. The molecule has 2 aliphatic heterocycles. The van der Waals surface area contributed by atoms with Crippen molar-refractivity contribution in [1.82, 2.24) is 19.7 Å². The molecule has 7 rings (SSSR count). The summed E-state index contributed by atoms with van der Waals surface area (Å²) in [5.74, 6) is 0.957. The number of benzene rings is 2. The molecule has 1 fully saturated rings. The van der Waals surface area contributed by atoms with Crippen LogP contribution in [0.1, 0.15) is 35.2 Å². The van der Waals surface area contributed by atoms with Gasteiger partial charge in [-0.3, -0.25) is 14.6 Å². The molecule has 1 amide bonds. The molecule has 0 saturated heterocycles. The van der Waals surface area contributed by atoms with Crippen LogP contribution in [0.5, 0.6) is 0 Å². The normalized spacial score (nSPS) is 19.8. The van der Waals surface area contributed by atoms with E-state index in [4.69, 9.17) is 10.1 Å². The van der Waals surface area contributed by atoms with Gasteiger partial charge in [-0.25, -0.2) is 14.7 Å². The standard InChI is InChI=1S/C29H25FN8O/c1-36-28(39)25-26(34-33-20-7-3-2-4-8-20)35-37(27(25)38-23-11-5-10-22(23)32-29(36)38)17-18-13-15-19(16-14-18)21-9-6-12-24(30)31-21/h2-4,6-9,12-16,22-23H,5,10-11,17H2,1H3/t22-,23+/m1/s1. The number of rotatable bonds is 5. The Kier molecular flexibility index (Phi) is 5.54. The molecule has 0 bridgehead atoms. The Hall–Kier alpha value is -4.73. The molecule has 4 aromatic rings. The van der Waals surface area contributed by atoms with Gasteiger partial charge in [0.1, 0.15) is 11.4 Å². The Morgan fingerprint density at radius 3 is 2.59 bits per heavy atom. The molecular weight excluding hydrogens is 495 g/mol. The highest BCUT2D eigenvalue weighted by molar-refractivity contribution is 6.20. The summed E-state index contributed by atoms with van der Waals surface area (Å²) in [7, 11) is 1.76. The minimum atomic E-state index is -0.514. The van der Waals surface area contributed by atoms with Crippen molar-refractivity contribution in [2.75, 3.05) is 11.9 Å². The van der Waals surface area contributed by atoms with Gasteiger partial charge in [0.25, 0.3) is 5.91 Å². The van der Waals surface area contributed by atoms with Crippen LogP contribution in [0.2, 0.25) is 0 Å². The van der Waals surface area contributed by atoms with E-state index in [0.717, 1.165) is 30.4 Å². The first kappa shape index (κ1) is 23.4. The van der Waals surface area contributed by atoms with Crippen LogP contribution in [0.3, 0.4) is 0 Å². The Bertz CT molecular complexity index is 1630. The number of anilines is 1. The third-order valence-electron chi connectivity index (χ3n) is 7.54. The molecule has 3 aliphatic rings. The van der Waals surface area contributed by atoms with Crippen LogP contribution in [-0.2, 0) is 6.54 Å². The Labute approximate surface area is 224 Å². The largest absolute Gasteiger partial charge is 0.291 e. The van der Waals surface area contributed by atoms with Crippen LogP contribution in [0, 0.1) is 5.95 Å². The highest BCUT2D eigenvalue weighted by atomic mass is 19.1. The van der Waals surface area contributed by atoms with Crippen molar-refractivity contribution in [3.63, 3.8) is 0 Å². The van der Waals surface area contributed by atoms with E-state index < -0.39 is 5.95 Å². The zero-order valence-electron chi connectivity index (χ0n) is 21.3. The molecule has 1 saturated carbocycles. The molecule has 2 aromatic carbocycles. The lowest BCUT2D eigenvalue weighted by atomic mass is 10.1. The summed E-state index contributed by atoms with van der Waals surface area (Å²) in [5.41, 5.74) is 3.47. The number of nitrogens with zero attached hydrogens (tertiary/aromatic N) is 8. The molecule has 0 radical (unpaired) electrons. The third kappa shape index (κ3) is 3.99. The monoisotopic (exact) mass is 520 g/mol. The summed E-state index contributed by atoms with van der Waals surface area (Å²) in [5, 5.41) is 13.6. The minimum absolute atomic E-state index is 0.164. The van der Waals surface area contributed by atoms with E-state index in [1.54, 1.807) is 24.1 Å². The van der Waals surface area contributed by atoms with E-state index in [2.05, 4.69) is 20.1 Å². The Balaban J connectivity index is 1.30. The number of amides is 1. The minimum Gasteiger partial charge on any atom is -0.291 e. The summed E-state index contributed by atoms with van der Waals surface area (Å²) in [6.07, 6.45) is 3.10. The van der Waals surface area contributed by atoms with Gasteiger partial charge in [-0.2, -0.15) is 4.39 Å². The maximum absolute atomic E-state index is 13.6. The fourth-order valence-corrected chi connectivity index (χ4v) is 5.67. The van der Waals surface area contributed by atoms with Gasteiger partial charge in [0.15, 0.2) is 0 Å². The predicted octanol–water partition coefficient (Wildman–Crippen LogP) is 5.73. The molecule has 0 spiro atoms. The van der Waals surface area contributed by atoms with E-state index >= 15 is 0 Å².